The Bertz CT molecular complexity index is 517. The van der Waals surface area contributed by atoms with E-state index in [0.717, 1.165) is 37.5 Å². The van der Waals surface area contributed by atoms with Crippen molar-refractivity contribution >= 4 is 6.01 Å². The smallest absolute Gasteiger partial charge is 0.298 e. The van der Waals surface area contributed by atoms with Crippen molar-refractivity contribution in [2.45, 2.75) is 45.3 Å². The predicted octanol–water partition coefficient (Wildman–Crippen LogP) is 2.94. The van der Waals surface area contributed by atoms with Gasteiger partial charge in [-0.25, -0.2) is 0 Å². The van der Waals surface area contributed by atoms with Crippen LogP contribution in [0, 0.1) is 0 Å². The molecule has 0 spiro atoms. The standard InChI is InChI=1S/C15H21N3O2/c1-2-7-16-9-12-11-20-15(17-12)18(13-5-6-13)10-14-4-3-8-19-14/h3-4,8,11,13,16H,2,5-7,9-10H2,1H3. The van der Waals surface area contributed by atoms with Gasteiger partial charge in [-0.15, -0.1) is 0 Å². The summed E-state index contributed by atoms with van der Waals surface area (Å²) in [5, 5.41) is 3.33. The van der Waals surface area contributed by atoms with Crippen molar-refractivity contribution in [2.75, 3.05) is 11.4 Å². The van der Waals surface area contributed by atoms with Gasteiger partial charge in [0.1, 0.15) is 12.0 Å². The summed E-state index contributed by atoms with van der Waals surface area (Å²) in [5.41, 5.74) is 0.957. The van der Waals surface area contributed by atoms with Crippen molar-refractivity contribution in [3.63, 3.8) is 0 Å². The second-order valence-electron chi connectivity index (χ2n) is 5.24. The number of nitrogens with zero attached hydrogens (tertiary/aromatic N) is 2. The second-order valence-corrected chi connectivity index (χ2v) is 5.24. The summed E-state index contributed by atoms with van der Waals surface area (Å²) in [7, 11) is 0. The fourth-order valence-corrected chi connectivity index (χ4v) is 2.21. The highest BCUT2D eigenvalue weighted by molar-refractivity contribution is 5.32. The molecule has 1 aliphatic carbocycles. The van der Waals surface area contributed by atoms with Crippen LogP contribution in [0.5, 0.6) is 0 Å². The van der Waals surface area contributed by atoms with Crippen molar-refractivity contribution in [1.82, 2.24) is 10.3 Å². The van der Waals surface area contributed by atoms with Gasteiger partial charge in [0.15, 0.2) is 0 Å². The lowest BCUT2D eigenvalue weighted by atomic mass is 10.4. The van der Waals surface area contributed by atoms with E-state index in [1.54, 1.807) is 12.5 Å². The average Bonchev–Trinajstić information content (AvgIpc) is 2.98. The largest absolute Gasteiger partial charge is 0.467 e. The SMILES string of the molecule is CCCNCc1coc(N(Cc2ccco2)C2CC2)n1. The minimum Gasteiger partial charge on any atom is -0.467 e. The van der Waals surface area contributed by atoms with E-state index in [9.17, 15) is 0 Å². The molecule has 2 aromatic heterocycles. The summed E-state index contributed by atoms with van der Waals surface area (Å²) < 4.78 is 11.1. The molecule has 0 aliphatic heterocycles. The highest BCUT2D eigenvalue weighted by atomic mass is 16.4. The van der Waals surface area contributed by atoms with Gasteiger partial charge in [0.25, 0.3) is 6.01 Å². The summed E-state index contributed by atoms with van der Waals surface area (Å²) in [4.78, 5) is 6.78. The Kier molecular flexibility index (Phi) is 4.06. The molecule has 1 N–H and O–H groups in total. The Morgan fingerprint density at radius 3 is 3.00 bits per heavy atom. The molecule has 0 amide bonds. The fourth-order valence-electron chi connectivity index (χ4n) is 2.21. The van der Waals surface area contributed by atoms with Gasteiger partial charge in [-0.1, -0.05) is 6.92 Å². The van der Waals surface area contributed by atoms with E-state index in [0.29, 0.717) is 12.1 Å². The first-order valence-corrected chi connectivity index (χ1v) is 7.31. The molecule has 108 valence electrons. The molecular formula is C15H21N3O2. The first kappa shape index (κ1) is 13.2. The minimum absolute atomic E-state index is 0.537. The second kappa shape index (κ2) is 6.13. The highest BCUT2D eigenvalue weighted by Crippen LogP contribution is 2.32. The van der Waals surface area contributed by atoms with Gasteiger partial charge in [-0.2, -0.15) is 4.98 Å². The van der Waals surface area contributed by atoms with E-state index in [-0.39, 0.29) is 0 Å². The molecule has 3 rings (SSSR count). The van der Waals surface area contributed by atoms with E-state index < -0.39 is 0 Å². The molecular weight excluding hydrogens is 254 g/mol. The molecule has 0 bridgehead atoms. The van der Waals surface area contributed by atoms with Crippen LogP contribution in [0.4, 0.5) is 6.01 Å². The van der Waals surface area contributed by atoms with Gasteiger partial charge in [-0.3, -0.25) is 0 Å². The van der Waals surface area contributed by atoms with Crippen LogP contribution in [0.1, 0.15) is 37.6 Å². The van der Waals surface area contributed by atoms with Crippen LogP contribution >= 0.6 is 0 Å². The van der Waals surface area contributed by atoms with E-state index in [4.69, 9.17) is 8.83 Å². The maximum absolute atomic E-state index is 5.64. The number of nitrogens with one attached hydrogen (secondary N) is 1. The Morgan fingerprint density at radius 2 is 2.30 bits per heavy atom. The first-order chi connectivity index (χ1) is 9.86. The Hall–Kier alpha value is -1.75. The van der Waals surface area contributed by atoms with Crippen LogP contribution in [0.25, 0.3) is 0 Å². The lowest BCUT2D eigenvalue weighted by Crippen LogP contribution is -2.25. The lowest BCUT2D eigenvalue weighted by molar-refractivity contribution is 0.476. The third-order valence-electron chi connectivity index (χ3n) is 3.41. The summed E-state index contributed by atoms with van der Waals surface area (Å²) in [6, 6.07) is 5.14. The van der Waals surface area contributed by atoms with Crippen molar-refractivity contribution in [3.8, 4) is 0 Å². The molecule has 0 radical (unpaired) electrons. The molecule has 2 aromatic rings. The number of hydrogen-bond donors (Lipinski definition) is 1. The molecule has 0 saturated heterocycles. The monoisotopic (exact) mass is 275 g/mol. The van der Waals surface area contributed by atoms with Gasteiger partial charge >= 0.3 is 0 Å². The third kappa shape index (κ3) is 3.22. The van der Waals surface area contributed by atoms with E-state index in [1.807, 2.05) is 12.1 Å². The quantitative estimate of drug-likeness (QED) is 0.751. The summed E-state index contributed by atoms with van der Waals surface area (Å²) in [6.07, 6.45) is 6.97. The van der Waals surface area contributed by atoms with Crippen molar-refractivity contribution in [2.24, 2.45) is 0 Å². The molecule has 0 unspecified atom stereocenters. The maximum atomic E-state index is 5.64. The summed E-state index contributed by atoms with van der Waals surface area (Å²) in [6.45, 7) is 4.64. The number of oxazole rings is 1. The predicted molar refractivity (Wildman–Crippen MR) is 76.4 cm³/mol. The summed E-state index contributed by atoms with van der Waals surface area (Å²) in [5.74, 6) is 0.945. The molecule has 2 heterocycles. The minimum atomic E-state index is 0.537. The molecule has 1 aliphatic rings. The van der Waals surface area contributed by atoms with Gasteiger partial charge in [0.05, 0.1) is 18.5 Å². The number of furan rings is 1. The zero-order chi connectivity index (χ0) is 13.8. The van der Waals surface area contributed by atoms with Gasteiger partial charge < -0.3 is 19.1 Å². The van der Waals surface area contributed by atoms with Crippen molar-refractivity contribution in [1.29, 1.82) is 0 Å². The van der Waals surface area contributed by atoms with Gasteiger partial charge in [0, 0.05) is 12.6 Å². The first-order valence-electron chi connectivity index (χ1n) is 7.31. The average molecular weight is 275 g/mol. The Labute approximate surface area is 119 Å². The van der Waals surface area contributed by atoms with Crippen LogP contribution in [-0.4, -0.2) is 17.6 Å². The molecule has 0 aromatic carbocycles. The number of anilines is 1. The molecule has 0 atom stereocenters. The normalized spacial score (nSPS) is 14.7. The van der Waals surface area contributed by atoms with Crippen LogP contribution in [0.15, 0.2) is 33.5 Å². The van der Waals surface area contributed by atoms with Crippen LogP contribution in [0.3, 0.4) is 0 Å². The summed E-state index contributed by atoms with van der Waals surface area (Å²) >= 11 is 0. The van der Waals surface area contributed by atoms with E-state index >= 15 is 0 Å². The highest BCUT2D eigenvalue weighted by Gasteiger charge is 2.32. The topological polar surface area (TPSA) is 54.4 Å². The zero-order valence-electron chi connectivity index (χ0n) is 11.8. The third-order valence-corrected chi connectivity index (χ3v) is 3.41. The van der Waals surface area contributed by atoms with E-state index in [1.165, 1.54) is 12.8 Å². The molecule has 1 saturated carbocycles. The zero-order valence-corrected chi connectivity index (χ0v) is 11.8. The number of aromatic nitrogens is 1. The lowest BCUT2D eigenvalue weighted by Gasteiger charge is -2.18. The maximum Gasteiger partial charge on any atom is 0.298 e. The van der Waals surface area contributed by atoms with Crippen molar-refractivity contribution < 1.29 is 8.83 Å². The van der Waals surface area contributed by atoms with Gasteiger partial charge in [-0.05, 0) is 37.9 Å². The molecule has 5 heteroatoms. The number of rotatable bonds is 8. The fraction of sp³-hybridized carbons (Fsp3) is 0.533. The van der Waals surface area contributed by atoms with E-state index in [2.05, 4.69) is 22.1 Å². The Balaban J connectivity index is 1.65. The van der Waals surface area contributed by atoms with Gasteiger partial charge in [0.2, 0.25) is 0 Å². The number of hydrogen-bond acceptors (Lipinski definition) is 5. The van der Waals surface area contributed by atoms with Crippen LogP contribution in [-0.2, 0) is 13.1 Å². The van der Waals surface area contributed by atoms with Crippen molar-refractivity contribution in [3.05, 3.63) is 36.1 Å². The Morgan fingerprint density at radius 1 is 1.40 bits per heavy atom. The molecule has 5 nitrogen and oxygen atoms in total. The van der Waals surface area contributed by atoms with Crippen LogP contribution in [0.2, 0.25) is 0 Å². The van der Waals surface area contributed by atoms with Crippen LogP contribution < -0.4 is 10.2 Å². The molecule has 20 heavy (non-hydrogen) atoms. The molecule has 1 fully saturated rings.